The number of phosphoric acid groups is 2. The van der Waals surface area contributed by atoms with Crippen molar-refractivity contribution < 1.29 is 75.8 Å². The molecule has 5 unspecified atom stereocenters. The van der Waals surface area contributed by atoms with Crippen LogP contribution >= 0.6 is 15.6 Å². The van der Waals surface area contributed by atoms with Crippen molar-refractivity contribution in [1.29, 1.82) is 0 Å². The number of carbonyl (C=O) groups excluding carboxylic acids is 3. The van der Waals surface area contributed by atoms with E-state index in [9.17, 15) is 43.5 Å². The predicted octanol–water partition coefficient (Wildman–Crippen LogP) is 23.3. The predicted molar refractivity (Wildman–Crippen MR) is 417 cm³/mol. The fraction of sp³-hybridized carbons (Fsp3) is 0.723. The molecular weight excluding hydrogens is 1310 g/mol. The lowest BCUT2D eigenvalue weighted by Crippen LogP contribution is -2.30. The molecule has 0 radical (unpaired) electrons. The first-order chi connectivity index (χ1) is 49.2. The van der Waals surface area contributed by atoms with E-state index in [2.05, 4.69) is 142 Å². The molecule has 0 aromatic carbocycles. The lowest BCUT2D eigenvalue weighted by atomic mass is 10.0. The molecule has 0 aliphatic heterocycles. The molecule has 0 aromatic rings. The summed E-state index contributed by atoms with van der Waals surface area (Å²) in [7, 11) is -9.80. The van der Waals surface area contributed by atoms with Crippen LogP contribution in [0.3, 0.4) is 0 Å². The van der Waals surface area contributed by atoms with Crippen LogP contribution in [0.1, 0.15) is 329 Å². The topological polar surface area (TPSA) is 231 Å². The van der Waals surface area contributed by atoms with Crippen molar-refractivity contribution in [2.75, 3.05) is 39.6 Å². The van der Waals surface area contributed by atoms with Crippen molar-refractivity contribution in [3.63, 3.8) is 0 Å². The second-order valence-corrected chi connectivity index (χ2v) is 29.4. The van der Waals surface area contributed by atoms with E-state index in [0.717, 1.165) is 161 Å². The molecular formula is C83H144O16P2. The Kier molecular flexibility index (Phi) is 72.6. The van der Waals surface area contributed by atoms with E-state index in [0.29, 0.717) is 19.3 Å². The van der Waals surface area contributed by atoms with Gasteiger partial charge in [-0.05, 0) is 135 Å². The number of phosphoric ester groups is 2. The molecule has 101 heavy (non-hydrogen) atoms. The van der Waals surface area contributed by atoms with Gasteiger partial charge < -0.3 is 34.2 Å². The highest BCUT2D eigenvalue weighted by Gasteiger charge is 2.29. The van der Waals surface area contributed by atoms with Crippen LogP contribution in [0.25, 0.3) is 0 Å². The summed E-state index contributed by atoms with van der Waals surface area (Å²) in [5, 5.41) is 20.6. The van der Waals surface area contributed by atoms with Crippen LogP contribution in [0, 0.1) is 0 Å². The molecule has 0 fully saturated rings. The number of unbranched alkanes of at least 4 members (excludes halogenated alkanes) is 32. The van der Waals surface area contributed by atoms with Gasteiger partial charge in [-0.25, -0.2) is 9.13 Å². The minimum absolute atomic E-state index is 0.0912. The number of ether oxygens (including phenoxy) is 3. The fourth-order valence-electron chi connectivity index (χ4n) is 10.6. The van der Waals surface area contributed by atoms with E-state index >= 15 is 0 Å². The van der Waals surface area contributed by atoms with Crippen LogP contribution in [-0.4, -0.2) is 95.9 Å². The SMILES string of the molecule is CC/C=C\C/C=C\C/C=C\C/C=C\C/C=C\CCCCCCCCCCCCCC(=O)OCC(O)COP(=O)(O)OCC(O)COP(=O)(O)OCC(COC(=O)CCCCCCCCC/C=C\C/C=C\C/C=C\C/C=C\CCCCC)OC(=O)CCCCCCC/C=C\CCCCCCCC. The number of allylic oxidation sites excluding steroid dienone is 20. The van der Waals surface area contributed by atoms with Crippen molar-refractivity contribution >= 4 is 33.6 Å². The zero-order valence-corrected chi connectivity index (χ0v) is 65.3. The van der Waals surface area contributed by atoms with Crippen LogP contribution in [-0.2, 0) is 55.8 Å². The van der Waals surface area contributed by atoms with Gasteiger partial charge >= 0.3 is 33.6 Å². The van der Waals surface area contributed by atoms with Gasteiger partial charge in [-0.15, -0.1) is 0 Å². The minimum atomic E-state index is -4.94. The second kappa shape index (κ2) is 75.6. The molecule has 0 amide bonds. The molecule has 0 bridgehead atoms. The number of esters is 3. The van der Waals surface area contributed by atoms with Crippen molar-refractivity contribution in [2.24, 2.45) is 0 Å². The van der Waals surface area contributed by atoms with Crippen LogP contribution in [0.4, 0.5) is 0 Å². The van der Waals surface area contributed by atoms with Gasteiger partial charge in [0.05, 0.1) is 26.4 Å². The summed E-state index contributed by atoms with van der Waals surface area (Å²) >= 11 is 0. The molecule has 0 rings (SSSR count). The molecule has 16 nitrogen and oxygen atoms in total. The van der Waals surface area contributed by atoms with Gasteiger partial charge in [-0.2, -0.15) is 0 Å². The number of hydrogen-bond donors (Lipinski definition) is 4. The molecule has 0 heterocycles. The van der Waals surface area contributed by atoms with Crippen molar-refractivity contribution in [3.05, 3.63) is 122 Å². The molecule has 0 aliphatic rings. The van der Waals surface area contributed by atoms with E-state index in [1.54, 1.807) is 0 Å². The van der Waals surface area contributed by atoms with E-state index in [1.165, 1.54) is 109 Å². The third kappa shape index (κ3) is 76.9. The summed E-state index contributed by atoms with van der Waals surface area (Å²) in [5.74, 6) is -1.59. The summed E-state index contributed by atoms with van der Waals surface area (Å²) in [5.41, 5.74) is 0. The zero-order valence-electron chi connectivity index (χ0n) is 63.5. The average molecular weight is 1460 g/mol. The first-order valence-corrected chi connectivity index (χ1v) is 42.8. The maximum absolute atomic E-state index is 13.0. The highest BCUT2D eigenvalue weighted by Crippen LogP contribution is 2.45. The lowest BCUT2D eigenvalue weighted by Gasteiger charge is -2.21. The quantitative estimate of drug-likeness (QED) is 0.0146. The molecule has 18 heteroatoms. The van der Waals surface area contributed by atoms with Crippen molar-refractivity contribution in [3.8, 4) is 0 Å². The number of hydrogen-bond acceptors (Lipinski definition) is 14. The third-order valence-electron chi connectivity index (χ3n) is 16.6. The molecule has 5 atom stereocenters. The van der Waals surface area contributed by atoms with E-state index in [1.807, 2.05) is 0 Å². The van der Waals surface area contributed by atoms with Crippen molar-refractivity contribution in [2.45, 2.75) is 347 Å². The Morgan fingerprint density at radius 1 is 0.287 bits per heavy atom. The van der Waals surface area contributed by atoms with Gasteiger partial charge in [-0.1, -0.05) is 296 Å². The Labute approximate surface area is 614 Å². The summed E-state index contributed by atoms with van der Waals surface area (Å²) in [6.07, 6.45) is 89.5. The normalized spacial score (nSPS) is 14.6. The van der Waals surface area contributed by atoms with Crippen molar-refractivity contribution in [1.82, 2.24) is 0 Å². The number of rotatable bonds is 75. The lowest BCUT2D eigenvalue weighted by molar-refractivity contribution is -0.161. The molecule has 0 saturated heterocycles. The Morgan fingerprint density at radius 2 is 0.525 bits per heavy atom. The summed E-state index contributed by atoms with van der Waals surface area (Å²) < 4.78 is 61.2. The Hall–Kier alpha value is -4.05. The van der Waals surface area contributed by atoms with Gasteiger partial charge in [-0.3, -0.25) is 32.5 Å². The van der Waals surface area contributed by atoms with E-state index < -0.39 is 91.5 Å². The average Bonchev–Trinajstić information content (AvgIpc) is 0.951. The summed E-state index contributed by atoms with van der Waals surface area (Å²) in [6.45, 7) is 2.53. The highest BCUT2D eigenvalue weighted by molar-refractivity contribution is 7.47. The van der Waals surface area contributed by atoms with Gasteiger partial charge in [0.15, 0.2) is 6.10 Å². The molecule has 0 aromatic heterocycles. The van der Waals surface area contributed by atoms with Crippen LogP contribution in [0.2, 0.25) is 0 Å². The van der Waals surface area contributed by atoms with E-state index in [-0.39, 0.29) is 19.3 Å². The summed E-state index contributed by atoms with van der Waals surface area (Å²) in [4.78, 5) is 58.7. The standard InChI is InChI=1S/C83H144O16P2/c1-4-7-10-13-16-19-22-25-28-30-32-34-36-37-38-39-41-43-44-46-49-51-54-57-60-63-66-69-81(86)93-72-78(84)73-95-100(89,90)96-74-79(85)75-97-101(91,92)98-77-80(99-83(88)71-68-65-62-59-56-53-48-27-24-21-18-15-12-9-6-3)76-94-82(87)70-67-64-61-58-55-52-50-47-45-42-40-35-33-31-29-26-23-20-17-14-11-8-5-2/h7,10,16-17,19-20,25-29,32-35,37-38,42,45,48,78-80,84-85H,4-6,8-9,11-15,18,21-24,30-31,36,39-41,43-44,46-47,49-77H2,1-3H3,(H,89,90)(H,91,92)/b10-7-,19-16-,20-17-,28-25-,29-26-,34-32-,35-33-,38-37-,45-42-,48-27-. The molecule has 0 spiro atoms. The first kappa shape index (κ1) is 97.0. The zero-order chi connectivity index (χ0) is 73.7. The molecule has 582 valence electrons. The van der Waals surface area contributed by atoms with Gasteiger partial charge in [0.25, 0.3) is 0 Å². The maximum Gasteiger partial charge on any atom is 0.472 e. The largest absolute Gasteiger partial charge is 0.472 e. The number of aliphatic hydroxyl groups excluding tert-OH is 2. The number of carbonyl (C=O) groups is 3. The molecule has 0 saturated carbocycles. The van der Waals surface area contributed by atoms with Crippen LogP contribution in [0.15, 0.2) is 122 Å². The Bertz CT molecular complexity index is 2320. The Morgan fingerprint density at radius 3 is 0.861 bits per heavy atom. The molecule has 4 N–H and O–H groups in total. The smallest absolute Gasteiger partial charge is 0.463 e. The number of aliphatic hydroxyl groups is 2. The van der Waals surface area contributed by atoms with Crippen LogP contribution < -0.4 is 0 Å². The maximum atomic E-state index is 13.0. The minimum Gasteiger partial charge on any atom is -0.463 e. The molecule has 0 aliphatic carbocycles. The Balaban J connectivity index is 4.58. The first-order valence-electron chi connectivity index (χ1n) is 39.8. The summed E-state index contributed by atoms with van der Waals surface area (Å²) in [6, 6.07) is 0. The van der Waals surface area contributed by atoms with Crippen LogP contribution in [0.5, 0.6) is 0 Å². The third-order valence-corrected chi connectivity index (χ3v) is 18.5. The highest BCUT2D eigenvalue weighted by atomic mass is 31.2. The van der Waals surface area contributed by atoms with Gasteiger partial charge in [0.1, 0.15) is 25.4 Å². The van der Waals surface area contributed by atoms with Gasteiger partial charge in [0, 0.05) is 19.3 Å². The van der Waals surface area contributed by atoms with E-state index in [4.69, 9.17) is 32.3 Å². The fourth-order valence-corrected chi connectivity index (χ4v) is 12.2. The second-order valence-electron chi connectivity index (χ2n) is 26.5. The monoisotopic (exact) mass is 1460 g/mol. The van der Waals surface area contributed by atoms with Gasteiger partial charge in [0.2, 0.25) is 0 Å².